The predicted octanol–water partition coefficient (Wildman–Crippen LogP) is 1.84. The van der Waals surface area contributed by atoms with Gasteiger partial charge in [0.25, 0.3) is 0 Å². The first-order valence-electron chi connectivity index (χ1n) is 5.04. The fourth-order valence-electron chi connectivity index (χ4n) is 1.65. The summed E-state index contributed by atoms with van der Waals surface area (Å²) in [6, 6.07) is 8.19. The third-order valence-corrected chi connectivity index (χ3v) is 2.42. The fourth-order valence-corrected chi connectivity index (χ4v) is 1.65. The zero-order valence-corrected chi connectivity index (χ0v) is 8.16. The summed E-state index contributed by atoms with van der Waals surface area (Å²) in [5, 5.41) is 8.56. The van der Waals surface area contributed by atoms with Crippen LogP contribution in [0, 0.1) is 0 Å². The molecule has 2 aromatic rings. The SMILES string of the molecule is NCCCCc1[nH]nc2ccccc12. The molecule has 1 aromatic heterocycles. The number of fused-ring (bicyclic) bond motifs is 1. The summed E-state index contributed by atoms with van der Waals surface area (Å²) >= 11 is 0. The number of nitrogens with one attached hydrogen (secondary N) is 1. The predicted molar refractivity (Wildman–Crippen MR) is 58.1 cm³/mol. The zero-order chi connectivity index (χ0) is 9.80. The fraction of sp³-hybridized carbons (Fsp3) is 0.364. The molecule has 0 radical (unpaired) electrons. The summed E-state index contributed by atoms with van der Waals surface area (Å²) in [7, 11) is 0. The van der Waals surface area contributed by atoms with Gasteiger partial charge in [-0.25, -0.2) is 0 Å². The largest absolute Gasteiger partial charge is 0.330 e. The van der Waals surface area contributed by atoms with Crippen molar-refractivity contribution in [1.29, 1.82) is 0 Å². The number of aromatic nitrogens is 2. The van der Waals surface area contributed by atoms with Crippen LogP contribution in [0.5, 0.6) is 0 Å². The molecule has 3 heteroatoms. The first-order valence-corrected chi connectivity index (χ1v) is 5.04. The number of benzene rings is 1. The van der Waals surface area contributed by atoms with Crippen LogP contribution in [0.4, 0.5) is 0 Å². The highest BCUT2D eigenvalue weighted by Gasteiger charge is 2.02. The summed E-state index contributed by atoms with van der Waals surface area (Å²) in [6.07, 6.45) is 3.24. The van der Waals surface area contributed by atoms with E-state index in [-0.39, 0.29) is 0 Å². The number of hydrogen-bond donors (Lipinski definition) is 2. The Hall–Kier alpha value is -1.35. The summed E-state index contributed by atoms with van der Waals surface area (Å²) in [5.41, 5.74) is 7.74. The summed E-state index contributed by atoms with van der Waals surface area (Å²) in [6.45, 7) is 0.770. The first-order chi connectivity index (χ1) is 6.92. The number of H-pyrrole nitrogens is 1. The van der Waals surface area contributed by atoms with Crippen molar-refractivity contribution in [2.24, 2.45) is 5.73 Å². The topological polar surface area (TPSA) is 54.7 Å². The van der Waals surface area contributed by atoms with Gasteiger partial charge in [0.15, 0.2) is 0 Å². The van der Waals surface area contributed by atoms with E-state index in [1.807, 2.05) is 18.2 Å². The molecule has 0 amide bonds. The highest BCUT2D eigenvalue weighted by atomic mass is 15.1. The van der Waals surface area contributed by atoms with Gasteiger partial charge in [-0.3, -0.25) is 5.10 Å². The van der Waals surface area contributed by atoms with Gasteiger partial charge in [-0.15, -0.1) is 0 Å². The summed E-state index contributed by atoms with van der Waals surface area (Å²) in [5.74, 6) is 0. The Bertz CT molecular complexity index is 406. The van der Waals surface area contributed by atoms with Crippen LogP contribution < -0.4 is 5.73 Å². The number of aromatic amines is 1. The van der Waals surface area contributed by atoms with E-state index in [1.165, 1.54) is 11.1 Å². The van der Waals surface area contributed by atoms with E-state index in [1.54, 1.807) is 0 Å². The second-order valence-electron chi connectivity index (χ2n) is 3.47. The molecule has 1 aromatic carbocycles. The van der Waals surface area contributed by atoms with E-state index in [4.69, 9.17) is 5.73 Å². The maximum Gasteiger partial charge on any atom is 0.0923 e. The second-order valence-corrected chi connectivity index (χ2v) is 3.47. The van der Waals surface area contributed by atoms with Gasteiger partial charge in [-0.1, -0.05) is 18.2 Å². The Labute approximate surface area is 83.3 Å². The minimum absolute atomic E-state index is 0.770. The normalized spacial score (nSPS) is 10.9. The molecule has 0 aliphatic carbocycles. The molecule has 2 rings (SSSR count). The molecule has 0 spiro atoms. The molecule has 3 N–H and O–H groups in total. The molecular weight excluding hydrogens is 174 g/mol. The molecular formula is C11H15N3. The van der Waals surface area contributed by atoms with Gasteiger partial charge in [0.05, 0.1) is 5.52 Å². The second kappa shape index (κ2) is 4.24. The van der Waals surface area contributed by atoms with Gasteiger partial charge in [-0.2, -0.15) is 5.10 Å². The molecule has 0 aliphatic rings. The van der Waals surface area contributed by atoms with Gasteiger partial charge < -0.3 is 5.73 Å². The molecule has 0 atom stereocenters. The zero-order valence-electron chi connectivity index (χ0n) is 8.16. The van der Waals surface area contributed by atoms with Crippen molar-refractivity contribution in [3.8, 4) is 0 Å². The van der Waals surface area contributed by atoms with Crippen LogP contribution in [-0.4, -0.2) is 16.7 Å². The molecule has 0 saturated carbocycles. The number of hydrogen-bond acceptors (Lipinski definition) is 2. The Morgan fingerprint density at radius 3 is 2.93 bits per heavy atom. The summed E-state index contributed by atoms with van der Waals surface area (Å²) in [4.78, 5) is 0. The average molecular weight is 189 g/mol. The van der Waals surface area contributed by atoms with Gasteiger partial charge in [0.1, 0.15) is 0 Å². The van der Waals surface area contributed by atoms with E-state index in [2.05, 4.69) is 16.3 Å². The van der Waals surface area contributed by atoms with Crippen molar-refractivity contribution in [3.05, 3.63) is 30.0 Å². The minimum Gasteiger partial charge on any atom is -0.330 e. The Morgan fingerprint density at radius 1 is 1.21 bits per heavy atom. The van der Waals surface area contributed by atoms with Crippen LogP contribution in [0.15, 0.2) is 24.3 Å². The number of nitrogens with two attached hydrogens (primary N) is 1. The Morgan fingerprint density at radius 2 is 2.07 bits per heavy atom. The van der Waals surface area contributed by atoms with Gasteiger partial charge in [-0.05, 0) is 31.9 Å². The van der Waals surface area contributed by atoms with E-state index >= 15 is 0 Å². The van der Waals surface area contributed by atoms with E-state index in [0.717, 1.165) is 31.3 Å². The van der Waals surface area contributed by atoms with Gasteiger partial charge in [0.2, 0.25) is 0 Å². The van der Waals surface area contributed by atoms with Crippen molar-refractivity contribution in [3.63, 3.8) is 0 Å². The lowest BCUT2D eigenvalue weighted by Gasteiger charge is -1.96. The van der Waals surface area contributed by atoms with Crippen molar-refractivity contribution >= 4 is 10.9 Å². The third-order valence-electron chi connectivity index (χ3n) is 2.42. The van der Waals surface area contributed by atoms with Crippen LogP contribution in [0.1, 0.15) is 18.5 Å². The monoisotopic (exact) mass is 189 g/mol. The molecule has 0 fully saturated rings. The van der Waals surface area contributed by atoms with E-state index < -0.39 is 0 Å². The molecule has 74 valence electrons. The molecule has 0 aliphatic heterocycles. The van der Waals surface area contributed by atoms with Crippen LogP contribution in [0.25, 0.3) is 10.9 Å². The lowest BCUT2D eigenvalue weighted by atomic mass is 10.1. The van der Waals surface area contributed by atoms with Crippen molar-refractivity contribution in [2.45, 2.75) is 19.3 Å². The number of unbranched alkanes of at least 4 members (excludes halogenated alkanes) is 1. The van der Waals surface area contributed by atoms with Crippen LogP contribution in [0.3, 0.4) is 0 Å². The van der Waals surface area contributed by atoms with E-state index in [0.29, 0.717) is 0 Å². The highest BCUT2D eigenvalue weighted by molar-refractivity contribution is 5.81. The standard InChI is InChI=1S/C11H15N3/c12-8-4-3-7-11-9-5-1-2-6-10(9)13-14-11/h1-2,5-6H,3-4,7-8,12H2,(H,13,14). The maximum atomic E-state index is 5.45. The van der Waals surface area contributed by atoms with Gasteiger partial charge >= 0.3 is 0 Å². The number of para-hydroxylation sites is 1. The van der Waals surface area contributed by atoms with Crippen molar-refractivity contribution < 1.29 is 0 Å². The van der Waals surface area contributed by atoms with Crippen molar-refractivity contribution in [1.82, 2.24) is 10.2 Å². The number of aryl methyl sites for hydroxylation is 1. The average Bonchev–Trinajstić information content (AvgIpc) is 2.63. The quantitative estimate of drug-likeness (QED) is 0.721. The lowest BCUT2D eigenvalue weighted by molar-refractivity contribution is 0.732. The van der Waals surface area contributed by atoms with Crippen LogP contribution in [0.2, 0.25) is 0 Å². The lowest BCUT2D eigenvalue weighted by Crippen LogP contribution is -1.99. The third kappa shape index (κ3) is 1.77. The molecule has 0 saturated heterocycles. The van der Waals surface area contributed by atoms with Crippen LogP contribution in [-0.2, 0) is 6.42 Å². The van der Waals surface area contributed by atoms with E-state index in [9.17, 15) is 0 Å². The minimum atomic E-state index is 0.770. The number of nitrogens with zero attached hydrogens (tertiary/aromatic N) is 1. The molecule has 0 unspecified atom stereocenters. The first kappa shape index (κ1) is 9.21. The van der Waals surface area contributed by atoms with Crippen LogP contribution >= 0.6 is 0 Å². The molecule has 1 heterocycles. The maximum absolute atomic E-state index is 5.45. The summed E-state index contributed by atoms with van der Waals surface area (Å²) < 4.78 is 0. The molecule has 14 heavy (non-hydrogen) atoms. The Balaban J connectivity index is 2.17. The molecule has 0 bridgehead atoms. The Kier molecular flexibility index (Phi) is 2.79. The molecule has 3 nitrogen and oxygen atoms in total. The highest BCUT2D eigenvalue weighted by Crippen LogP contribution is 2.16. The number of rotatable bonds is 4. The van der Waals surface area contributed by atoms with Crippen molar-refractivity contribution in [2.75, 3.05) is 6.54 Å². The smallest absolute Gasteiger partial charge is 0.0923 e. The van der Waals surface area contributed by atoms with Gasteiger partial charge in [0, 0.05) is 11.1 Å².